The molecule has 0 aromatic carbocycles. The van der Waals surface area contributed by atoms with Crippen LogP contribution in [0.5, 0.6) is 0 Å². The monoisotopic (exact) mass is 201 g/mol. The molecule has 0 bridgehead atoms. The molecule has 1 heterocycles. The average molecular weight is 201 g/mol. The summed E-state index contributed by atoms with van der Waals surface area (Å²) in [5, 5.41) is 0. The summed E-state index contributed by atoms with van der Waals surface area (Å²) >= 11 is 0. The van der Waals surface area contributed by atoms with Crippen molar-refractivity contribution < 1.29 is 4.21 Å². The number of hydrogen-bond donors (Lipinski definition) is 0. The van der Waals surface area contributed by atoms with E-state index in [1.54, 1.807) is 0 Å². The van der Waals surface area contributed by atoms with E-state index in [9.17, 15) is 4.21 Å². The Kier molecular flexibility index (Phi) is 2.98. The maximum atomic E-state index is 12.0. The van der Waals surface area contributed by atoms with Gasteiger partial charge in [0.1, 0.15) is 11.0 Å². The van der Waals surface area contributed by atoms with Crippen molar-refractivity contribution in [2.45, 2.75) is 50.9 Å². The lowest BCUT2D eigenvalue weighted by molar-refractivity contribution is 0.598. The molecule has 0 aliphatic carbocycles. The highest BCUT2D eigenvalue weighted by molar-refractivity contribution is 7.84. The maximum Gasteiger partial charge on any atom is 0.101 e. The molecular formula is C10H19NOS. The minimum Gasteiger partial charge on any atom is -0.242 e. The zero-order valence-electron chi connectivity index (χ0n) is 8.91. The van der Waals surface area contributed by atoms with Crippen molar-refractivity contribution in [3.63, 3.8) is 0 Å². The Bertz CT molecular complexity index is 232. The van der Waals surface area contributed by atoms with Gasteiger partial charge in [0.15, 0.2) is 0 Å². The third-order valence-corrected chi connectivity index (χ3v) is 4.25. The first-order valence-corrected chi connectivity index (χ1v) is 5.87. The molecule has 0 spiro atoms. The largest absolute Gasteiger partial charge is 0.242 e. The predicted octanol–water partition coefficient (Wildman–Crippen LogP) is 2.10. The first kappa shape index (κ1) is 10.9. The summed E-state index contributed by atoms with van der Waals surface area (Å²) in [5.41, 5.74) is 0. The lowest BCUT2D eigenvalue weighted by atomic mass is 10.3. The van der Waals surface area contributed by atoms with E-state index in [1.165, 1.54) is 0 Å². The molecule has 1 saturated heterocycles. The van der Waals surface area contributed by atoms with Gasteiger partial charge in [-0.25, -0.2) is 8.51 Å². The van der Waals surface area contributed by atoms with E-state index in [-0.39, 0.29) is 4.75 Å². The molecule has 0 saturated carbocycles. The summed E-state index contributed by atoms with van der Waals surface area (Å²) < 4.78 is 13.9. The number of hydrogen-bond acceptors (Lipinski definition) is 1. The summed E-state index contributed by atoms with van der Waals surface area (Å²) in [6.07, 6.45) is 2.95. The molecule has 2 nitrogen and oxygen atoms in total. The number of nitrogens with zero attached hydrogens (tertiary/aromatic N) is 1. The van der Waals surface area contributed by atoms with Crippen LogP contribution in [0.15, 0.2) is 12.7 Å². The van der Waals surface area contributed by atoms with Crippen LogP contribution >= 0.6 is 0 Å². The van der Waals surface area contributed by atoms with Crippen molar-refractivity contribution in [1.29, 1.82) is 0 Å². The SMILES string of the molecule is C=C[C@H]1[C@H](CC)N1S(=O)C(C)(C)C. The van der Waals surface area contributed by atoms with E-state index in [0.717, 1.165) is 6.42 Å². The molecule has 4 atom stereocenters. The van der Waals surface area contributed by atoms with Crippen LogP contribution in [0.25, 0.3) is 0 Å². The van der Waals surface area contributed by atoms with Crippen LogP contribution < -0.4 is 0 Å². The molecule has 0 amide bonds. The van der Waals surface area contributed by atoms with Gasteiger partial charge in [0.2, 0.25) is 0 Å². The second kappa shape index (κ2) is 3.54. The first-order valence-electron chi connectivity index (χ1n) is 4.76. The van der Waals surface area contributed by atoms with Crippen LogP contribution in [0.4, 0.5) is 0 Å². The Morgan fingerprint density at radius 1 is 1.54 bits per heavy atom. The van der Waals surface area contributed by atoms with E-state index in [0.29, 0.717) is 12.1 Å². The van der Waals surface area contributed by atoms with Gasteiger partial charge in [-0.05, 0) is 27.2 Å². The second-order valence-electron chi connectivity index (χ2n) is 4.42. The Labute approximate surface area is 83.6 Å². The quantitative estimate of drug-likeness (QED) is 0.506. The van der Waals surface area contributed by atoms with Crippen LogP contribution in [-0.2, 0) is 11.0 Å². The topological polar surface area (TPSA) is 20.1 Å². The van der Waals surface area contributed by atoms with E-state index in [1.807, 2.05) is 31.2 Å². The summed E-state index contributed by atoms with van der Waals surface area (Å²) in [6.45, 7) is 11.9. The standard InChI is InChI=1S/C10H19NOS/c1-6-8-9(7-2)11(8)13(12)10(3,4)5/h6,8-9H,1,7H2,2-5H3/t8-,9-,11?,13?/m0/s1. The third-order valence-electron chi connectivity index (χ3n) is 2.30. The molecule has 0 radical (unpaired) electrons. The smallest absolute Gasteiger partial charge is 0.101 e. The molecule has 1 rings (SSSR count). The van der Waals surface area contributed by atoms with Gasteiger partial charge in [-0.2, -0.15) is 0 Å². The molecule has 76 valence electrons. The highest BCUT2D eigenvalue weighted by atomic mass is 32.2. The summed E-state index contributed by atoms with van der Waals surface area (Å²) in [4.78, 5) is 0. The molecule has 13 heavy (non-hydrogen) atoms. The zero-order chi connectivity index (χ0) is 10.2. The van der Waals surface area contributed by atoms with Gasteiger partial charge in [-0.3, -0.25) is 0 Å². The van der Waals surface area contributed by atoms with E-state index in [4.69, 9.17) is 0 Å². The predicted molar refractivity (Wildman–Crippen MR) is 57.8 cm³/mol. The highest BCUT2D eigenvalue weighted by Crippen LogP contribution is 2.37. The van der Waals surface area contributed by atoms with E-state index >= 15 is 0 Å². The van der Waals surface area contributed by atoms with Gasteiger partial charge in [0, 0.05) is 6.04 Å². The van der Waals surface area contributed by atoms with Gasteiger partial charge in [0.25, 0.3) is 0 Å². The molecule has 1 aliphatic rings. The van der Waals surface area contributed by atoms with Gasteiger partial charge in [-0.1, -0.05) is 13.0 Å². The lowest BCUT2D eigenvalue weighted by Gasteiger charge is -2.18. The van der Waals surface area contributed by atoms with Crippen LogP contribution in [0, 0.1) is 0 Å². The molecule has 1 fully saturated rings. The lowest BCUT2D eigenvalue weighted by Crippen LogP contribution is -2.28. The highest BCUT2D eigenvalue weighted by Gasteiger charge is 2.50. The Balaban J connectivity index is 2.66. The molecular weight excluding hydrogens is 182 g/mol. The Hall–Kier alpha value is -0.150. The fourth-order valence-corrected chi connectivity index (χ4v) is 3.05. The van der Waals surface area contributed by atoms with Crippen LogP contribution in [0.1, 0.15) is 34.1 Å². The third kappa shape index (κ3) is 2.02. The second-order valence-corrected chi connectivity index (χ2v) is 6.57. The van der Waals surface area contributed by atoms with Gasteiger partial charge < -0.3 is 0 Å². The van der Waals surface area contributed by atoms with Crippen molar-refractivity contribution in [3.8, 4) is 0 Å². The minimum absolute atomic E-state index is 0.148. The fraction of sp³-hybridized carbons (Fsp3) is 0.800. The van der Waals surface area contributed by atoms with E-state index < -0.39 is 11.0 Å². The fourth-order valence-electron chi connectivity index (χ4n) is 1.51. The minimum atomic E-state index is -0.876. The summed E-state index contributed by atoms with van der Waals surface area (Å²) in [7, 11) is -0.876. The molecule has 0 aromatic rings. The summed E-state index contributed by atoms with van der Waals surface area (Å²) in [6, 6.07) is 0.794. The molecule has 3 heteroatoms. The van der Waals surface area contributed by atoms with Crippen molar-refractivity contribution in [2.75, 3.05) is 0 Å². The van der Waals surface area contributed by atoms with Gasteiger partial charge in [0.05, 0.1) is 10.8 Å². The molecule has 0 aromatic heterocycles. The molecule has 1 aliphatic heterocycles. The first-order chi connectivity index (χ1) is 5.93. The molecule has 2 unspecified atom stereocenters. The zero-order valence-corrected chi connectivity index (χ0v) is 9.73. The maximum absolute atomic E-state index is 12.0. The Morgan fingerprint density at radius 3 is 2.31 bits per heavy atom. The van der Waals surface area contributed by atoms with E-state index in [2.05, 4.69) is 13.5 Å². The molecule has 0 N–H and O–H groups in total. The normalized spacial score (nSPS) is 35.5. The van der Waals surface area contributed by atoms with Crippen molar-refractivity contribution in [1.82, 2.24) is 4.31 Å². The van der Waals surface area contributed by atoms with Gasteiger partial charge >= 0.3 is 0 Å². The average Bonchev–Trinajstić information content (AvgIpc) is 2.73. The van der Waals surface area contributed by atoms with Crippen LogP contribution in [-0.4, -0.2) is 25.3 Å². The van der Waals surface area contributed by atoms with Gasteiger partial charge in [-0.15, -0.1) is 6.58 Å². The summed E-state index contributed by atoms with van der Waals surface area (Å²) in [5.74, 6) is 0. The van der Waals surface area contributed by atoms with Crippen LogP contribution in [0.3, 0.4) is 0 Å². The van der Waals surface area contributed by atoms with Crippen LogP contribution in [0.2, 0.25) is 0 Å². The Morgan fingerprint density at radius 2 is 2.08 bits per heavy atom. The van der Waals surface area contributed by atoms with Crippen molar-refractivity contribution in [3.05, 3.63) is 12.7 Å². The number of rotatable bonds is 3. The van der Waals surface area contributed by atoms with Crippen molar-refractivity contribution in [2.24, 2.45) is 0 Å². The van der Waals surface area contributed by atoms with Crippen molar-refractivity contribution >= 4 is 11.0 Å².